The third kappa shape index (κ3) is 2.78. The Hall–Kier alpha value is -1.53. The van der Waals surface area contributed by atoms with Crippen molar-refractivity contribution in [3.05, 3.63) is 29.3 Å². The van der Waals surface area contributed by atoms with Gasteiger partial charge in [0, 0.05) is 6.04 Å². The fourth-order valence-electron chi connectivity index (χ4n) is 2.45. The van der Waals surface area contributed by atoms with Gasteiger partial charge in [0.15, 0.2) is 6.61 Å². The minimum absolute atomic E-state index is 0.120. The summed E-state index contributed by atoms with van der Waals surface area (Å²) in [7, 11) is 0. The van der Waals surface area contributed by atoms with E-state index in [0.29, 0.717) is 6.04 Å². The Balaban J connectivity index is 2.18. The topological polar surface area (TPSA) is 45.0 Å². The predicted molar refractivity (Wildman–Crippen MR) is 66.9 cm³/mol. The molecule has 0 radical (unpaired) electrons. The molecule has 1 aromatic rings. The van der Waals surface area contributed by atoms with E-state index in [1.807, 2.05) is 12.1 Å². The maximum atomic E-state index is 8.49. The summed E-state index contributed by atoms with van der Waals surface area (Å²) in [6, 6.07) is 8.65. The smallest absolute Gasteiger partial charge is 0.174 e. The molecule has 1 N–H and O–H groups in total. The van der Waals surface area contributed by atoms with Crippen molar-refractivity contribution in [2.75, 3.05) is 13.2 Å². The highest BCUT2D eigenvalue weighted by Gasteiger charge is 2.19. The molecule has 3 heteroatoms. The summed E-state index contributed by atoms with van der Waals surface area (Å²) in [5, 5.41) is 12.0. The average Bonchev–Trinajstić information content (AvgIpc) is 2.37. The highest BCUT2D eigenvalue weighted by molar-refractivity contribution is 5.39. The summed E-state index contributed by atoms with van der Waals surface area (Å²) >= 11 is 0. The lowest BCUT2D eigenvalue weighted by Gasteiger charge is -2.26. The van der Waals surface area contributed by atoms with E-state index in [9.17, 15) is 0 Å². The maximum Gasteiger partial charge on any atom is 0.174 e. The Morgan fingerprint density at radius 2 is 2.41 bits per heavy atom. The molecular formula is C14H18N2O. The van der Waals surface area contributed by atoms with Crippen LogP contribution in [-0.2, 0) is 6.42 Å². The van der Waals surface area contributed by atoms with Crippen LogP contribution in [0, 0.1) is 11.3 Å². The van der Waals surface area contributed by atoms with Gasteiger partial charge in [-0.25, -0.2) is 0 Å². The lowest BCUT2D eigenvalue weighted by atomic mass is 9.87. The zero-order valence-electron chi connectivity index (χ0n) is 10.2. The van der Waals surface area contributed by atoms with E-state index in [1.54, 1.807) is 0 Å². The van der Waals surface area contributed by atoms with Crippen molar-refractivity contribution in [1.82, 2.24) is 5.32 Å². The molecule has 17 heavy (non-hydrogen) atoms. The van der Waals surface area contributed by atoms with Crippen molar-refractivity contribution in [2.24, 2.45) is 0 Å². The lowest BCUT2D eigenvalue weighted by molar-refractivity contribution is 0.366. The Kier molecular flexibility index (Phi) is 4.00. The molecule has 1 aliphatic carbocycles. The van der Waals surface area contributed by atoms with Crippen LogP contribution < -0.4 is 10.1 Å². The van der Waals surface area contributed by atoms with Crippen LogP contribution in [0.25, 0.3) is 0 Å². The minimum Gasteiger partial charge on any atom is -0.479 e. The van der Waals surface area contributed by atoms with Crippen LogP contribution in [0.2, 0.25) is 0 Å². The molecule has 1 aromatic carbocycles. The second-order valence-corrected chi connectivity index (χ2v) is 4.31. The van der Waals surface area contributed by atoms with Crippen LogP contribution in [0.1, 0.15) is 36.9 Å². The lowest BCUT2D eigenvalue weighted by Crippen LogP contribution is -2.24. The van der Waals surface area contributed by atoms with Gasteiger partial charge in [0.2, 0.25) is 0 Å². The van der Waals surface area contributed by atoms with Gasteiger partial charge in [0.25, 0.3) is 0 Å². The van der Waals surface area contributed by atoms with Gasteiger partial charge in [0.05, 0.1) is 0 Å². The number of benzene rings is 1. The van der Waals surface area contributed by atoms with Crippen LogP contribution in [-0.4, -0.2) is 13.2 Å². The number of aryl methyl sites for hydroxylation is 1. The first-order chi connectivity index (χ1) is 8.35. The van der Waals surface area contributed by atoms with Gasteiger partial charge in [-0.2, -0.15) is 5.26 Å². The number of nitrogens with one attached hydrogen (secondary N) is 1. The maximum absolute atomic E-state index is 8.49. The third-order valence-electron chi connectivity index (χ3n) is 3.18. The van der Waals surface area contributed by atoms with Crippen molar-refractivity contribution in [1.29, 1.82) is 5.26 Å². The van der Waals surface area contributed by atoms with Crippen molar-refractivity contribution in [3.63, 3.8) is 0 Å². The van der Waals surface area contributed by atoms with Gasteiger partial charge in [-0.05, 0) is 49.1 Å². The molecule has 2 rings (SSSR count). The summed E-state index contributed by atoms with van der Waals surface area (Å²) in [5.74, 6) is 0.808. The summed E-state index contributed by atoms with van der Waals surface area (Å²) in [5.41, 5.74) is 2.75. The molecule has 0 aromatic heterocycles. The van der Waals surface area contributed by atoms with Crippen molar-refractivity contribution >= 4 is 0 Å². The van der Waals surface area contributed by atoms with E-state index in [4.69, 9.17) is 10.00 Å². The van der Waals surface area contributed by atoms with Crippen molar-refractivity contribution in [2.45, 2.75) is 32.2 Å². The second-order valence-electron chi connectivity index (χ2n) is 4.31. The van der Waals surface area contributed by atoms with Crippen molar-refractivity contribution < 1.29 is 4.74 Å². The zero-order chi connectivity index (χ0) is 12.1. The Morgan fingerprint density at radius 1 is 1.53 bits per heavy atom. The van der Waals surface area contributed by atoms with Gasteiger partial charge < -0.3 is 10.1 Å². The zero-order valence-corrected chi connectivity index (χ0v) is 10.2. The molecule has 1 aliphatic rings. The number of nitrogens with zero attached hydrogens (tertiary/aromatic N) is 1. The molecule has 1 atom stereocenters. The minimum atomic E-state index is 0.120. The monoisotopic (exact) mass is 230 g/mol. The average molecular weight is 230 g/mol. The van der Waals surface area contributed by atoms with Gasteiger partial charge >= 0.3 is 0 Å². The molecule has 0 amide bonds. The number of ether oxygens (including phenoxy) is 1. The quantitative estimate of drug-likeness (QED) is 0.864. The largest absolute Gasteiger partial charge is 0.479 e. The molecule has 0 heterocycles. The SMILES string of the molecule is CCNC1CCCc2cc(OCC#N)ccc21. The molecule has 3 nitrogen and oxygen atoms in total. The van der Waals surface area contributed by atoms with Crippen LogP contribution >= 0.6 is 0 Å². The highest BCUT2D eigenvalue weighted by Crippen LogP contribution is 2.32. The van der Waals surface area contributed by atoms with E-state index in [1.165, 1.54) is 24.0 Å². The van der Waals surface area contributed by atoms with E-state index in [0.717, 1.165) is 18.7 Å². The fraction of sp³-hybridized carbons (Fsp3) is 0.500. The summed E-state index contributed by atoms with van der Waals surface area (Å²) in [4.78, 5) is 0. The Morgan fingerprint density at radius 3 is 3.18 bits per heavy atom. The first kappa shape index (κ1) is 11.9. The number of hydrogen-bond donors (Lipinski definition) is 1. The van der Waals surface area contributed by atoms with E-state index in [-0.39, 0.29) is 6.61 Å². The van der Waals surface area contributed by atoms with E-state index >= 15 is 0 Å². The summed E-state index contributed by atoms with van der Waals surface area (Å²) in [6.07, 6.45) is 3.53. The molecule has 0 saturated heterocycles. The highest BCUT2D eigenvalue weighted by atomic mass is 16.5. The van der Waals surface area contributed by atoms with Gasteiger partial charge in [-0.1, -0.05) is 13.0 Å². The number of hydrogen-bond acceptors (Lipinski definition) is 3. The molecule has 1 unspecified atom stereocenters. The molecular weight excluding hydrogens is 212 g/mol. The second kappa shape index (κ2) is 5.70. The molecule has 0 fully saturated rings. The van der Waals surface area contributed by atoms with E-state index in [2.05, 4.69) is 24.4 Å². The third-order valence-corrected chi connectivity index (χ3v) is 3.18. The Bertz CT molecular complexity index is 423. The summed E-state index contributed by atoms with van der Waals surface area (Å²) in [6.45, 7) is 3.25. The van der Waals surface area contributed by atoms with E-state index < -0.39 is 0 Å². The Labute approximate surface area is 102 Å². The molecule has 0 saturated carbocycles. The van der Waals surface area contributed by atoms with Crippen LogP contribution in [0.15, 0.2) is 18.2 Å². The molecule has 0 bridgehead atoms. The van der Waals surface area contributed by atoms with Gasteiger partial charge in [-0.15, -0.1) is 0 Å². The predicted octanol–water partition coefficient (Wildman–Crippen LogP) is 2.58. The van der Waals surface area contributed by atoms with Gasteiger partial charge in [-0.3, -0.25) is 0 Å². The van der Waals surface area contributed by atoms with Gasteiger partial charge in [0.1, 0.15) is 11.8 Å². The molecule has 0 spiro atoms. The normalized spacial score (nSPS) is 18.2. The number of nitriles is 1. The van der Waals surface area contributed by atoms with Crippen LogP contribution in [0.4, 0.5) is 0 Å². The fourth-order valence-corrected chi connectivity index (χ4v) is 2.45. The molecule has 90 valence electrons. The van der Waals surface area contributed by atoms with Crippen LogP contribution in [0.3, 0.4) is 0 Å². The van der Waals surface area contributed by atoms with Crippen LogP contribution in [0.5, 0.6) is 5.75 Å². The van der Waals surface area contributed by atoms with Crippen molar-refractivity contribution in [3.8, 4) is 11.8 Å². The molecule has 0 aliphatic heterocycles. The number of fused-ring (bicyclic) bond motifs is 1. The first-order valence-electron chi connectivity index (χ1n) is 6.21. The number of rotatable bonds is 4. The summed E-state index contributed by atoms with van der Waals surface area (Å²) < 4.78 is 5.33. The first-order valence-corrected chi connectivity index (χ1v) is 6.21. The standard InChI is InChI=1S/C14H18N2O/c1-2-16-14-5-3-4-11-10-12(17-9-8-15)6-7-13(11)14/h6-7,10,14,16H,2-5,9H2,1H3.